The summed E-state index contributed by atoms with van der Waals surface area (Å²) in [5, 5.41) is 16.0. The van der Waals surface area contributed by atoms with Crippen molar-refractivity contribution in [3.05, 3.63) is 72.0 Å². The van der Waals surface area contributed by atoms with Gasteiger partial charge in [0.15, 0.2) is 0 Å². The molecule has 3 nitrogen and oxygen atoms in total. The lowest BCUT2D eigenvalue weighted by atomic mass is 10.0. The summed E-state index contributed by atoms with van der Waals surface area (Å²) in [6.07, 6.45) is 1.56. The molecule has 0 bridgehead atoms. The number of halogens is 1. The molecule has 0 amide bonds. The van der Waals surface area contributed by atoms with Crippen LogP contribution in [0.25, 0.3) is 10.8 Å². The highest BCUT2D eigenvalue weighted by Crippen LogP contribution is 2.25. The molecule has 0 aliphatic carbocycles. The maximum atomic E-state index is 12.8. The average Bonchev–Trinajstić information content (AvgIpc) is 2.51. The highest BCUT2D eigenvalue weighted by Gasteiger charge is 2.03. The Morgan fingerprint density at radius 2 is 1.71 bits per heavy atom. The lowest BCUT2D eigenvalue weighted by Gasteiger charge is -2.05. The summed E-state index contributed by atoms with van der Waals surface area (Å²) < 4.78 is 12.8. The van der Waals surface area contributed by atoms with Crippen molar-refractivity contribution in [3.63, 3.8) is 0 Å². The van der Waals surface area contributed by atoms with Gasteiger partial charge in [-0.2, -0.15) is 5.10 Å². The molecule has 0 aliphatic heterocycles. The van der Waals surface area contributed by atoms with Crippen molar-refractivity contribution in [1.82, 2.24) is 0 Å². The molecule has 0 spiro atoms. The summed E-state index contributed by atoms with van der Waals surface area (Å²) in [5.74, 6) is -0.130. The first-order valence-corrected chi connectivity index (χ1v) is 6.49. The van der Waals surface area contributed by atoms with Crippen LogP contribution in [0.15, 0.2) is 65.8 Å². The van der Waals surface area contributed by atoms with Gasteiger partial charge in [-0.15, -0.1) is 0 Å². The minimum atomic E-state index is -0.295. The van der Waals surface area contributed by atoms with Crippen LogP contribution in [0.3, 0.4) is 0 Å². The van der Waals surface area contributed by atoms with E-state index in [1.54, 1.807) is 24.4 Å². The van der Waals surface area contributed by atoms with E-state index >= 15 is 0 Å². The number of phenolic OH excluding ortho intramolecular Hbond substituents is 1. The Labute approximate surface area is 121 Å². The molecule has 21 heavy (non-hydrogen) atoms. The fraction of sp³-hybridized carbons (Fsp3) is 0. The topological polar surface area (TPSA) is 44.6 Å². The van der Waals surface area contributed by atoms with E-state index in [0.29, 0.717) is 11.3 Å². The number of fused-ring (bicyclic) bond motifs is 1. The summed E-state index contributed by atoms with van der Waals surface area (Å²) >= 11 is 0. The van der Waals surface area contributed by atoms with Crippen LogP contribution in [0.5, 0.6) is 5.75 Å². The number of nitrogens with one attached hydrogen (secondary N) is 1. The van der Waals surface area contributed by atoms with Crippen LogP contribution in [-0.2, 0) is 0 Å². The number of benzene rings is 3. The first kappa shape index (κ1) is 13.1. The van der Waals surface area contributed by atoms with Crippen LogP contribution in [-0.4, -0.2) is 11.3 Å². The van der Waals surface area contributed by atoms with Crippen LogP contribution in [0.1, 0.15) is 5.56 Å². The number of rotatable bonds is 3. The Hall–Kier alpha value is -2.88. The summed E-state index contributed by atoms with van der Waals surface area (Å²) in [6.45, 7) is 0. The lowest BCUT2D eigenvalue weighted by Crippen LogP contribution is -1.92. The smallest absolute Gasteiger partial charge is 0.125 e. The molecule has 104 valence electrons. The second-order valence-corrected chi connectivity index (χ2v) is 4.60. The molecule has 0 unspecified atom stereocenters. The molecule has 0 aliphatic rings. The van der Waals surface area contributed by atoms with Gasteiger partial charge in [0.2, 0.25) is 0 Å². The Kier molecular flexibility index (Phi) is 3.51. The van der Waals surface area contributed by atoms with Gasteiger partial charge in [-0.05, 0) is 41.1 Å². The summed E-state index contributed by atoms with van der Waals surface area (Å²) in [6, 6.07) is 17.1. The number of nitrogens with zero attached hydrogens (tertiary/aromatic N) is 1. The van der Waals surface area contributed by atoms with Crippen molar-refractivity contribution >= 4 is 22.7 Å². The molecular formula is C17H13FN2O. The third-order valence-electron chi connectivity index (χ3n) is 3.18. The van der Waals surface area contributed by atoms with E-state index < -0.39 is 0 Å². The first-order valence-electron chi connectivity index (χ1n) is 6.49. The molecular weight excluding hydrogens is 267 g/mol. The van der Waals surface area contributed by atoms with Crippen molar-refractivity contribution in [2.24, 2.45) is 5.10 Å². The van der Waals surface area contributed by atoms with Crippen LogP contribution in [0, 0.1) is 5.82 Å². The maximum Gasteiger partial charge on any atom is 0.125 e. The zero-order chi connectivity index (χ0) is 14.7. The van der Waals surface area contributed by atoms with Crippen molar-refractivity contribution in [1.29, 1.82) is 0 Å². The zero-order valence-electron chi connectivity index (χ0n) is 11.1. The van der Waals surface area contributed by atoms with E-state index in [4.69, 9.17) is 0 Å². The Bertz CT molecular complexity index is 797. The van der Waals surface area contributed by atoms with Gasteiger partial charge in [0.25, 0.3) is 0 Å². The monoisotopic (exact) mass is 280 g/mol. The molecule has 0 radical (unpaired) electrons. The van der Waals surface area contributed by atoms with E-state index in [1.165, 1.54) is 12.1 Å². The molecule has 4 heteroatoms. The number of aromatic hydroxyl groups is 1. The first-order chi connectivity index (χ1) is 10.2. The largest absolute Gasteiger partial charge is 0.507 e. The van der Waals surface area contributed by atoms with Crippen LogP contribution in [0.2, 0.25) is 0 Å². The lowest BCUT2D eigenvalue weighted by molar-refractivity contribution is 0.475. The van der Waals surface area contributed by atoms with E-state index in [-0.39, 0.29) is 11.6 Å². The molecule has 0 heterocycles. The average molecular weight is 280 g/mol. The second-order valence-electron chi connectivity index (χ2n) is 4.60. The van der Waals surface area contributed by atoms with Gasteiger partial charge in [0, 0.05) is 5.56 Å². The van der Waals surface area contributed by atoms with Crippen LogP contribution < -0.4 is 5.43 Å². The molecule has 3 aromatic rings. The van der Waals surface area contributed by atoms with Gasteiger partial charge in [0.1, 0.15) is 11.6 Å². The molecule has 3 rings (SSSR count). The minimum absolute atomic E-state index is 0.165. The molecule has 3 aromatic carbocycles. The zero-order valence-corrected chi connectivity index (χ0v) is 11.1. The summed E-state index contributed by atoms with van der Waals surface area (Å²) in [5.41, 5.74) is 4.12. The molecule has 0 saturated heterocycles. The third-order valence-corrected chi connectivity index (χ3v) is 3.18. The summed E-state index contributed by atoms with van der Waals surface area (Å²) in [7, 11) is 0. The minimum Gasteiger partial charge on any atom is -0.507 e. The molecule has 0 aromatic heterocycles. The summed E-state index contributed by atoms with van der Waals surface area (Å²) in [4.78, 5) is 0. The molecule has 0 fully saturated rings. The van der Waals surface area contributed by atoms with Crippen molar-refractivity contribution in [2.45, 2.75) is 0 Å². The van der Waals surface area contributed by atoms with E-state index in [0.717, 1.165) is 10.8 Å². The van der Waals surface area contributed by atoms with E-state index in [1.807, 2.05) is 30.3 Å². The number of hydrogen-bond donors (Lipinski definition) is 2. The predicted molar refractivity (Wildman–Crippen MR) is 83.2 cm³/mol. The Morgan fingerprint density at radius 1 is 0.952 bits per heavy atom. The SMILES string of the molecule is Oc1ccc2ccccc2c1/C=N/Nc1ccc(F)cc1. The van der Waals surface area contributed by atoms with E-state index in [2.05, 4.69) is 10.5 Å². The molecule has 0 atom stereocenters. The highest BCUT2D eigenvalue weighted by atomic mass is 19.1. The number of anilines is 1. The number of hydrazone groups is 1. The van der Waals surface area contributed by atoms with Crippen LogP contribution >= 0.6 is 0 Å². The van der Waals surface area contributed by atoms with Gasteiger partial charge in [-0.3, -0.25) is 5.43 Å². The van der Waals surface area contributed by atoms with Gasteiger partial charge >= 0.3 is 0 Å². The Balaban J connectivity index is 1.89. The van der Waals surface area contributed by atoms with E-state index in [9.17, 15) is 9.50 Å². The quantitative estimate of drug-likeness (QED) is 0.559. The van der Waals surface area contributed by atoms with Gasteiger partial charge in [0.05, 0.1) is 11.9 Å². The number of hydrogen-bond acceptors (Lipinski definition) is 3. The van der Waals surface area contributed by atoms with Gasteiger partial charge in [-0.1, -0.05) is 30.3 Å². The highest BCUT2D eigenvalue weighted by molar-refractivity contribution is 6.02. The molecule has 2 N–H and O–H groups in total. The normalized spacial score (nSPS) is 11.1. The fourth-order valence-electron chi connectivity index (χ4n) is 2.12. The fourth-order valence-corrected chi connectivity index (χ4v) is 2.12. The van der Waals surface area contributed by atoms with Crippen molar-refractivity contribution < 1.29 is 9.50 Å². The second kappa shape index (κ2) is 5.63. The van der Waals surface area contributed by atoms with Crippen molar-refractivity contribution in [3.8, 4) is 5.75 Å². The molecule has 0 saturated carbocycles. The number of phenols is 1. The van der Waals surface area contributed by atoms with Crippen molar-refractivity contribution in [2.75, 3.05) is 5.43 Å². The van der Waals surface area contributed by atoms with Gasteiger partial charge < -0.3 is 5.11 Å². The maximum absolute atomic E-state index is 12.8. The van der Waals surface area contributed by atoms with Crippen LogP contribution in [0.4, 0.5) is 10.1 Å². The standard InChI is InChI=1S/C17H13FN2O/c18-13-6-8-14(9-7-13)20-19-11-16-15-4-2-1-3-12(15)5-10-17(16)21/h1-11,20-21H/b19-11+. The Morgan fingerprint density at radius 3 is 2.52 bits per heavy atom. The predicted octanol–water partition coefficient (Wildman–Crippen LogP) is 4.13. The van der Waals surface area contributed by atoms with Gasteiger partial charge in [-0.25, -0.2) is 4.39 Å². The third kappa shape index (κ3) is 2.84.